The second-order valence-electron chi connectivity index (χ2n) is 3.28. The first-order valence-corrected chi connectivity index (χ1v) is 5.84. The molecule has 2 N–H and O–H groups in total. The van der Waals surface area contributed by atoms with E-state index in [2.05, 4.69) is 26.2 Å². The van der Waals surface area contributed by atoms with Crippen molar-refractivity contribution in [1.29, 1.82) is 0 Å². The molecule has 1 heterocycles. The molecule has 0 aliphatic carbocycles. The molecule has 6 heteroatoms. The maximum absolute atomic E-state index is 13.4. The van der Waals surface area contributed by atoms with Gasteiger partial charge in [-0.2, -0.15) is 0 Å². The summed E-state index contributed by atoms with van der Waals surface area (Å²) in [5, 5.41) is 2.57. The molecule has 0 aliphatic heterocycles. The van der Waals surface area contributed by atoms with Gasteiger partial charge >= 0.3 is 0 Å². The van der Waals surface area contributed by atoms with Gasteiger partial charge in [-0.25, -0.2) is 4.39 Å². The van der Waals surface area contributed by atoms with Gasteiger partial charge in [0.1, 0.15) is 11.5 Å². The summed E-state index contributed by atoms with van der Waals surface area (Å²) in [5.74, 6) is -1.03. The van der Waals surface area contributed by atoms with Crippen molar-refractivity contribution in [3.8, 4) is 0 Å². The highest BCUT2D eigenvalue weighted by molar-refractivity contribution is 9.10. The smallest absolute Gasteiger partial charge is 0.272 e. The Kier molecular flexibility index (Phi) is 3.49. The van der Waals surface area contributed by atoms with Crippen molar-refractivity contribution in [3.63, 3.8) is 0 Å². The first-order valence-electron chi connectivity index (χ1n) is 4.67. The highest BCUT2D eigenvalue weighted by Gasteiger charge is 2.13. The number of nitrogens with one attached hydrogen (secondary N) is 2. The van der Waals surface area contributed by atoms with E-state index >= 15 is 0 Å². The van der Waals surface area contributed by atoms with Crippen molar-refractivity contribution in [2.75, 3.05) is 5.32 Å². The van der Waals surface area contributed by atoms with Crippen LogP contribution in [0, 0.1) is 5.82 Å². The van der Waals surface area contributed by atoms with Gasteiger partial charge in [-0.05, 0) is 34.1 Å². The largest absolute Gasteiger partial charge is 0.356 e. The Morgan fingerprint density at radius 2 is 2.24 bits per heavy atom. The second kappa shape index (κ2) is 4.89. The number of H-pyrrole nitrogens is 1. The minimum atomic E-state index is -0.573. The third-order valence-corrected chi connectivity index (χ3v) is 2.87. The van der Waals surface area contributed by atoms with Crippen molar-refractivity contribution in [3.05, 3.63) is 51.5 Å². The van der Waals surface area contributed by atoms with E-state index in [1.54, 1.807) is 12.3 Å². The first kappa shape index (κ1) is 12.1. The molecule has 0 saturated carbocycles. The van der Waals surface area contributed by atoms with Crippen LogP contribution in [0.3, 0.4) is 0 Å². The van der Waals surface area contributed by atoms with E-state index in [-0.39, 0.29) is 10.7 Å². The number of rotatable bonds is 2. The molecule has 17 heavy (non-hydrogen) atoms. The van der Waals surface area contributed by atoms with Gasteiger partial charge in [0.05, 0.1) is 10.7 Å². The normalized spacial score (nSPS) is 10.3. The van der Waals surface area contributed by atoms with Gasteiger partial charge in [0.2, 0.25) is 0 Å². The molecule has 0 bridgehead atoms. The molecular weight excluding hydrogens is 310 g/mol. The van der Waals surface area contributed by atoms with Crippen LogP contribution in [0.2, 0.25) is 5.02 Å². The zero-order valence-electron chi connectivity index (χ0n) is 8.43. The maximum Gasteiger partial charge on any atom is 0.272 e. The summed E-state index contributed by atoms with van der Waals surface area (Å²) in [7, 11) is 0. The Hall–Kier alpha value is -1.33. The van der Waals surface area contributed by atoms with Gasteiger partial charge in [0, 0.05) is 10.7 Å². The summed E-state index contributed by atoms with van der Waals surface area (Å²) in [6.07, 6.45) is 1.61. The topological polar surface area (TPSA) is 44.9 Å². The standard InChI is InChI=1S/C11H7BrClFN2O/c12-6-4-9(15-5-6)11(17)16-10-7(13)2-1-3-8(10)14/h1-5,15H,(H,16,17). The SMILES string of the molecule is O=C(Nc1c(F)cccc1Cl)c1cc(Br)c[nH]1. The summed E-state index contributed by atoms with van der Waals surface area (Å²) in [5.41, 5.74) is 0.293. The van der Waals surface area contributed by atoms with Crippen LogP contribution in [-0.4, -0.2) is 10.9 Å². The average Bonchev–Trinajstić information content (AvgIpc) is 2.70. The Bertz CT molecular complexity index is 550. The van der Waals surface area contributed by atoms with E-state index in [9.17, 15) is 9.18 Å². The summed E-state index contributed by atoms with van der Waals surface area (Å²) in [6, 6.07) is 5.79. The third kappa shape index (κ3) is 2.68. The molecule has 3 nitrogen and oxygen atoms in total. The molecule has 0 atom stereocenters. The molecule has 0 fully saturated rings. The van der Waals surface area contributed by atoms with Gasteiger partial charge in [-0.15, -0.1) is 0 Å². The molecule has 1 aromatic carbocycles. The fourth-order valence-electron chi connectivity index (χ4n) is 1.30. The van der Waals surface area contributed by atoms with E-state index in [1.165, 1.54) is 18.2 Å². The van der Waals surface area contributed by atoms with Crippen LogP contribution in [0.15, 0.2) is 34.9 Å². The van der Waals surface area contributed by atoms with Gasteiger partial charge in [-0.3, -0.25) is 4.79 Å². The van der Waals surface area contributed by atoms with Crippen molar-refractivity contribution in [2.24, 2.45) is 0 Å². The number of carbonyl (C=O) groups excluding carboxylic acids is 1. The van der Waals surface area contributed by atoms with E-state index in [1.807, 2.05) is 0 Å². The van der Waals surface area contributed by atoms with E-state index < -0.39 is 11.7 Å². The molecule has 0 unspecified atom stereocenters. The first-order chi connectivity index (χ1) is 8.08. The molecule has 1 aromatic heterocycles. The van der Waals surface area contributed by atoms with Crippen molar-refractivity contribution >= 4 is 39.1 Å². The number of amides is 1. The maximum atomic E-state index is 13.4. The van der Waals surface area contributed by atoms with E-state index in [4.69, 9.17) is 11.6 Å². The van der Waals surface area contributed by atoms with Crippen LogP contribution in [0.1, 0.15) is 10.5 Å². The zero-order valence-corrected chi connectivity index (χ0v) is 10.8. The van der Waals surface area contributed by atoms with E-state index in [0.717, 1.165) is 4.47 Å². The second-order valence-corrected chi connectivity index (χ2v) is 4.61. The molecule has 2 aromatic rings. The lowest BCUT2D eigenvalue weighted by molar-refractivity contribution is 0.102. The monoisotopic (exact) mass is 316 g/mol. The van der Waals surface area contributed by atoms with Crippen LogP contribution >= 0.6 is 27.5 Å². The lowest BCUT2D eigenvalue weighted by Gasteiger charge is -2.06. The number of para-hydroxylation sites is 1. The van der Waals surface area contributed by atoms with Crippen LogP contribution in [-0.2, 0) is 0 Å². The molecule has 0 spiro atoms. The lowest BCUT2D eigenvalue weighted by Crippen LogP contribution is -2.13. The van der Waals surface area contributed by atoms with Crippen molar-refractivity contribution in [2.45, 2.75) is 0 Å². The molecule has 0 aliphatic rings. The molecule has 2 rings (SSSR count). The molecule has 0 saturated heterocycles. The third-order valence-electron chi connectivity index (χ3n) is 2.09. The lowest BCUT2D eigenvalue weighted by atomic mass is 10.3. The van der Waals surface area contributed by atoms with Crippen LogP contribution in [0.25, 0.3) is 0 Å². The van der Waals surface area contributed by atoms with Gasteiger partial charge in [0.15, 0.2) is 0 Å². The Balaban J connectivity index is 2.24. The van der Waals surface area contributed by atoms with Gasteiger partial charge < -0.3 is 10.3 Å². The van der Waals surface area contributed by atoms with Gasteiger partial charge in [-0.1, -0.05) is 17.7 Å². The number of hydrogen-bond donors (Lipinski definition) is 2. The number of halogens is 3. The molecular formula is C11H7BrClFN2O. The Labute approximate surface area is 110 Å². The fraction of sp³-hybridized carbons (Fsp3) is 0. The number of aromatic amines is 1. The van der Waals surface area contributed by atoms with Crippen molar-refractivity contribution in [1.82, 2.24) is 4.98 Å². The average molecular weight is 318 g/mol. The van der Waals surface area contributed by atoms with Gasteiger partial charge in [0.25, 0.3) is 5.91 Å². The summed E-state index contributed by atoms with van der Waals surface area (Å²) >= 11 is 9.00. The molecule has 0 radical (unpaired) electrons. The minimum Gasteiger partial charge on any atom is -0.356 e. The van der Waals surface area contributed by atoms with E-state index in [0.29, 0.717) is 5.69 Å². The number of aromatic nitrogens is 1. The Morgan fingerprint density at radius 3 is 2.82 bits per heavy atom. The quantitative estimate of drug-likeness (QED) is 0.869. The Morgan fingerprint density at radius 1 is 1.47 bits per heavy atom. The van der Waals surface area contributed by atoms with Crippen LogP contribution in [0.5, 0.6) is 0 Å². The number of hydrogen-bond acceptors (Lipinski definition) is 1. The zero-order chi connectivity index (χ0) is 12.4. The van der Waals surface area contributed by atoms with Crippen LogP contribution in [0.4, 0.5) is 10.1 Å². The summed E-state index contributed by atoms with van der Waals surface area (Å²) in [4.78, 5) is 14.5. The number of carbonyl (C=O) groups is 1. The summed E-state index contributed by atoms with van der Waals surface area (Å²) in [6.45, 7) is 0. The predicted molar refractivity (Wildman–Crippen MR) is 67.9 cm³/mol. The highest BCUT2D eigenvalue weighted by atomic mass is 79.9. The number of benzene rings is 1. The van der Waals surface area contributed by atoms with Crippen LogP contribution < -0.4 is 5.32 Å². The molecule has 88 valence electrons. The highest BCUT2D eigenvalue weighted by Crippen LogP contribution is 2.25. The summed E-state index contributed by atoms with van der Waals surface area (Å²) < 4.78 is 14.2. The fourth-order valence-corrected chi connectivity index (χ4v) is 1.85. The number of anilines is 1. The van der Waals surface area contributed by atoms with Crippen molar-refractivity contribution < 1.29 is 9.18 Å². The minimum absolute atomic E-state index is 0.0233. The predicted octanol–water partition coefficient (Wildman–Crippen LogP) is 3.82. The molecule has 1 amide bonds.